The second-order valence-corrected chi connectivity index (χ2v) is 6.36. The second kappa shape index (κ2) is 5.54. The Hall–Kier alpha value is -1.39. The molecule has 1 aliphatic carbocycles. The van der Waals surface area contributed by atoms with Crippen LogP contribution in [0.15, 0.2) is 4.42 Å². The molecule has 1 amide bonds. The summed E-state index contributed by atoms with van der Waals surface area (Å²) in [6.45, 7) is 5.77. The number of likely N-dealkylation sites (tertiary alicyclic amines) is 1. The van der Waals surface area contributed by atoms with Crippen molar-refractivity contribution in [2.45, 2.75) is 57.8 Å². The van der Waals surface area contributed by atoms with Crippen molar-refractivity contribution in [2.75, 3.05) is 13.1 Å². The van der Waals surface area contributed by atoms with Gasteiger partial charge in [0.15, 0.2) is 0 Å². The average Bonchev–Trinajstić information content (AvgIpc) is 2.86. The van der Waals surface area contributed by atoms with Crippen molar-refractivity contribution in [3.63, 3.8) is 0 Å². The monoisotopic (exact) mass is 277 g/mol. The molecule has 0 spiro atoms. The van der Waals surface area contributed by atoms with Gasteiger partial charge in [-0.2, -0.15) is 0 Å². The minimum atomic E-state index is 0.275. The van der Waals surface area contributed by atoms with E-state index in [-0.39, 0.29) is 5.92 Å². The molecule has 0 N–H and O–H groups in total. The molecular formula is C15H23N3O2. The molecule has 2 heterocycles. The van der Waals surface area contributed by atoms with Crippen molar-refractivity contribution in [3.05, 3.63) is 11.8 Å². The number of amides is 1. The molecule has 0 atom stereocenters. The molecule has 0 bridgehead atoms. The van der Waals surface area contributed by atoms with Crippen molar-refractivity contribution in [3.8, 4) is 0 Å². The summed E-state index contributed by atoms with van der Waals surface area (Å²) < 4.78 is 5.73. The molecule has 20 heavy (non-hydrogen) atoms. The summed E-state index contributed by atoms with van der Waals surface area (Å²) >= 11 is 0. The van der Waals surface area contributed by atoms with E-state index < -0.39 is 0 Å². The Labute approximate surface area is 119 Å². The van der Waals surface area contributed by atoms with E-state index in [0.717, 1.165) is 44.7 Å². The van der Waals surface area contributed by atoms with E-state index in [9.17, 15) is 4.79 Å². The van der Waals surface area contributed by atoms with Crippen molar-refractivity contribution in [1.29, 1.82) is 0 Å². The lowest BCUT2D eigenvalue weighted by atomic mass is 9.83. The van der Waals surface area contributed by atoms with Crippen LogP contribution in [0.4, 0.5) is 0 Å². The molecule has 5 nitrogen and oxygen atoms in total. The summed E-state index contributed by atoms with van der Waals surface area (Å²) in [5.74, 6) is 2.74. The van der Waals surface area contributed by atoms with Gasteiger partial charge in [0.05, 0.1) is 0 Å². The molecule has 0 aromatic carbocycles. The number of hydrogen-bond acceptors (Lipinski definition) is 4. The van der Waals surface area contributed by atoms with Gasteiger partial charge in [0.1, 0.15) is 0 Å². The molecule has 2 aliphatic rings. The van der Waals surface area contributed by atoms with E-state index in [1.54, 1.807) is 0 Å². The zero-order chi connectivity index (χ0) is 14.1. The number of rotatable bonds is 3. The SMILES string of the molecule is CC(C)c1nnc(C2CCN(C(=O)C3CCC3)CC2)o1. The maximum absolute atomic E-state index is 12.2. The van der Waals surface area contributed by atoms with Crippen molar-refractivity contribution in [1.82, 2.24) is 15.1 Å². The Bertz CT molecular complexity index is 471. The van der Waals surface area contributed by atoms with E-state index in [1.807, 2.05) is 4.90 Å². The van der Waals surface area contributed by atoms with E-state index in [4.69, 9.17) is 4.42 Å². The number of nitrogens with zero attached hydrogens (tertiary/aromatic N) is 3. The van der Waals surface area contributed by atoms with Crippen LogP contribution >= 0.6 is 0 Å². The number of carbonyl (C=O) groups is 1. The number of carbonyl (C=O) groups excluding carboxylic acids is 1. The summed E-state index contributed by atoms with van der Waals surface area (Å²) in [6.07, 6.45) is 5.27. The average molecular weight is 277 g/mol. The van der Waals surface area contributed by atoms with Crippen LogP contribution in [0, 0.1) is 5.92 Å². The third-order valence-corrected chi connectivity index (χ3v) is 4.56. The van der Waals surface area contributed by atoms with Gasteiger partial charge in [0, 0.05) is 30.8 Å². The zero-order valence-corrected chi connectivity index (χ0v) is 12.3. The minimum absolute atomic E-state index is 0.275. The Kier molecular flexibility index (Phi) is 3.76. The Balaban J connectivity index is 1.56. The quantitative estimate of drug-likeness (QED) is 0.852. The van der Waals surface area contributed by atoms with Gasteiger partial charge in [-0.3, -0.25) is 4.79 Å². The molecule has 0 unspecified atom stereocenters. The van der Waals surface area contributed by atoms with Crippen molar-refractivity contribution in [2.24, 2.45) is 5.92 Å². The van der Waals surface area contributed by atoms with Crippen LogP contribution < -0.4 is 0 Å². The smallest absolute Gasteiger partial charge is 0.225 e. The van der Waals surface area contributed by atoms with Gasteiger partial charge in [-0.1, -0.05) is 20.3 Å². The molecule has 2 fully saturated rings. The maximum atomic E-state index is 12.2. The molecule has 5 heteroatoms. The third kappa shape index (κ3) is 2.58. The summed E-state index contributed by atoms with van der Waals surface area (Å²) in [6, 6.07) is 0. The first-order valence-electron chi connectivity index (χ1n) is 7.77. The van der Waals surface area contributed by atoms with Crippen LogP contribution in [0.5, 0.6) is 0 Å². The standard InChI is InChI=1S/C15H23N3O2/c1-10(2)13-16-17-14(20-13)11-6-8-18(9-7-11)15(19)12-4-3-5-12/h10-12H,3-9H2,1-2H3. The molecule has 1 saturated heterocycles. The predicted molar refractivity (Wildman–Crippen MR) is 74.3 cm³/mol. The third-order valence-electron chi connectivity index (χ3n) is 4.56. The fraction of sp³-hybridized carbons (Fsp3) is 0.800. The largest absolute Gasteiger partial charge is 0.425 e. The number of aromatic nitrogens is 2. The van der Waals surface area contributed by atoms with E-state index in [1.165, 1.54) is 6.42 Å². The highest BCUT2D eigenvalue weighted by molar-refractivity contribution is 5.79. The van der Waals surface area contributed by atoms with Crippen molar-refractivity contribution >= 4 is 5.91 Å². The first kappa shape index (κ1) is 13.6. The van der Waals surface area contributed by atoms with Crippen LogP contribution in [0.1, 0.15) is 69.6 Å². The summed E-state index contributed by atoms with van der Waals surface area (Å²) in [5, 5.41) is 8.27. The van der Waals surface area contributed by atoms with Crippen molar-refractivity contribution < 1.29 is 9.21 Å². The maximum Gasteiger partial charge on any atom is 0.225 e. The van der Waals surface area contributed by atoms with Crippen LogP contribution in [-0.2, 0) is 4.79 Å². The molecule has 3 rings (SSSR count). The van der Waals surface area contributed by atoms with E-state index >= 15 is 0 Å². The lowest BCUT2D eigenvalue weighted by Gasteiger charge is -2.35. The van der Waals surface area contributed by atoms with Crippen LogP contribution in [0.3, 0.4) is 0 Å². The van der Waals surface area contributed by atoms with Gasteiger partial charge >= 0.3 is 0 Å². The summed E-state index contributed by atoms with van der Waals surface area (Å²) in [4.78, 5) is 14.2. The molecule has 1 saturated carbocycles. The van der Waals surface area contributed by atoms with Gasteiger partial charge in [0.2, 0.25) is 17.7 Å². The van der Waals surface area contributed by atoms with Gasteiger partial charge < -0.3 is 9.32 Å². The summed E-state index contributed by atoms with van der Waals surface area (Å²) in [7, 11) is 0. The fourth-order valence-corrected chi connectivity index (χ4v) is 2.91. The zero-order valence-electron chi connectivity index (χ0n) is 12.3. The second-order valence-electron chi connectivity index (χ2n) is 6.36. The number of piperidine rings is 1. The highest BCUT2D eigenvalue weighted by Crippen LogP contribution is 2.32. The molecule has 110 valence electrons. The Morgan fingerprint density at radius 2 is 1.90 bits per heavy atom. The number of hydrogen-bond donors (Lipinski definition) is 0. The van der Waals surface area contributed by atoms with Gasteiger partial charge in [-0.25, -0.2) is 0 Å². The lowest BCUT2D eigenvalue weighted by molar-refractivity contribution is -0.139. The minimum Gasteiger partial charge on any atom is -0.425 e. The fourth-order valence-electron chi connectivity index (χ4n) is 2.91. The lowest BCUT2D eigenvalue weighted by Crippen LogP contribution is -2.43. The first-order chi connectivity index (χ1) is 9.65. The summed E-state index contributed by atoms with van der Waals surface area (Å²) in [5.41, 5.74) is 0. The molecule has 1 aromatic heterocycles. The van der Waals surface area contributed by atoms with Gasteiger partial charge in [-0.05, 0) is 25.7 Å². The normalized spacial score (nSPS) is 21.2. The molecule has 1 aromatic rings. The highest BCUT2D eigenvalue weighted by Gasteiger charge is 2.33. The predicted octanol–water partition coefficient (Wildman–Crippen LogP) is 2.70. The van der Waals surface area contributed by atoms with Crippen LogP contribution in [-0.4, -0.2) is 34.1 Å². The Morgan fingerprint density at radius 1 is 1.20 bits per heavy atom. The van der Waals surface area contributed by atoms with Crippen LogP contribution in [0.25, 0.3) is 0 Å². The Morgan fingerprint density at radius 3 is 2.40 bits per heavy atom. The molecule has 1 aliphatic heterocycles. The topological polar surface area (TPSA) is 59.2 Å². The first-order valence-corrected chi connectivity index (χ1v) is 7.77. The highest BCUT2D eigenvalue weighted by atomic mass is 16.4. The molecule has 0 radical (unpaired) electrons. The van der Waals surface area contributed by atoms with E-state index in [2.05, 4.69) is 24.0 Å². The van der Waals surface area contributed by atoms with Gasteiger partial charge in [-0.15, -0.1) is 10.2 Å². The molecular weight excluding hydrogens is 254 g/mol. The van der Waals surface area contributed by atoms with Gasteiger partial charge in [0.25, 0.3) is 0 Å². The van der Waals surface area contributed by atoms with E-state index in [0.29, 0.717) is 23.6 Å². The van der Waals surface area contributed by atoms with Crippen LogP contribution in [0.2, 0.25) is 0 Å².